The first kappa shape index (κ1) is 12.4. The largest absolute Gasteiger partial charge is 0.496 e. The summed E-state index contributed by atoms with van der Waals surface area (Å²) >= 11 is 0. The summed E-state index contributed by atoms with van der Waals surface area (Å²) in [6.45, 7) is 1.43. The third-order valence-electron chi connectivity index (χ3n) is 2.37. The predicted molar refractivity (Wildman–Crippen MR) is 58.3 cm³/mol. The highest BCUT2D eigenvalue weighted by molar-refractivity contribution is 5.46. The molecule has 0 saturated heterocycles. The number of ether oxygens (including phenoxy) is 1. The number of methoxy groups -OCH3 is 1. The van der Waals surface area contributed by atoms with E-state index in [-0.39, 0.29) is 12.2 Å². The fraction of sp³-hybridized carbons (Fsp3) is 0.400. The molecule has 0 bridgehead atoms. The summed E-state index contributed by atoms with van der Waals surface area (Å²) < 4.78 is 5.03. The summed E-state index contributed by atoms with van der Waals surface area (Å²) in [5.41, 5.74) is 4.27. The first-order valence-corrected chi connectivity index (χ1v) is 4.67. The number of nitro groups is 1. The highest BCUT2D eigenvalue weighted by Crippen LogP contribution is 2.32. The molecule has 1 unspecified atom stereocenters. The zero-order valence-electron chi connectivity index (χ0n) is 9.14. The van der Waals surface area contributed by atoms with Crippen molar-refractivity contribution in [3.05, 3.63) is 33.9 Å². The summed E-state index contributed by atoms with van der Waals surface area (Å²) in [6, 6.07) is 4.03. The van der Waals surface area contributed by atoms with Crippen LogP contribution in [0.25, 0.3) is 0 Å². The molecule has 1 aromatic rings. The topological polar surface area (TPSA) is 98.6 Å². The number of benzene rings is 1. The van der Waals surface area contributed by atoms with Crippen molar-refractivity contribution in [2.75, 3.05) is 13.7 Å². The molecule has 3 N–H and O–H groups in total. The van der Waals surface area contributed by atoms with Gasteiger partial charge in [-0.3, -0.25) is 10.1 Å². The van der Waals surface area contributed by atoms with Crippen molar-refractivity contribution in [3.63, 3.8) is 0 Å². The van der Waals surface area contributed by atoms with E-state index in [9.17, 15) is 15.2 Å². The van der Waals surface area contributed by atoms with Gasteiger partial charge in [-0.1, -0.05) is 0 Å². The zero-order chi connectivity index (χ0) is 12.3. The Morgan fingerprint density at radius 3 is 2.69 bits per heavy atom. The molecule has 0 aromatic heterocycles. The average Bonchev–Trinajstić information content (AvgIpc) is 2.28. The maximum atomic E-state index is 10.6. The Labute approximate surface area is 92.8 Å². The number of nitrogens with zero attached hydrogens (tertiary/aromatic N) is 1. The van der Waals surface area contributed by atoms with Gasteiger partial charge in [0.1, 0.15) is 11.4 Å². The summed E-state index contributed by atoms with van der Waals surface area (Å²) in [4.78, 5) is 10.1. The van der Waals surface area contributed by atoms with Crippen LogP contribution in [0.4, 0.5) is 5.69 Å². The van der Waals surface area contributed by atoms with Crippen molar-refractivity contribution in [2.24, 2.45) is 5.73 Å². The fourth-order valence-corrected chi connectivity index (χ4v) is 1.34. The van der Waals surface area contributed by atoms with E-state index >= 15 is 0 Å². The quantitative estimate of drug-likeness (QED) is 0.583. The second-order valence-corrected chi connectivity index (χ2v) is 3.62. The van der Waals surface area contributed by atoms with E-state index in [4.69, 9.17) is 10.5 Å². The lowest BCUT2D eigenvalue weighted by Crippen LogP contribution is -2.31. The Bertz CT molecular complexity index is 404. The molecule has 0 radical (unpaired) electrons. The first-order chi connectivity index (χ1) is 7.42. The van der Waals surface area contributed by atoms with Crippen LogP contribution in [0.1, 0.15) is 12.5 Å². The van der Waals surface area contributed by atoms with Crippen molar-refractivity contribution in [1.82, 2.24) is 0 Å². The van der Waals surface area contributed by atoms with Gasteiger partial charge in [-0.15, -0.1) is 0 Å². The third kappa shape index (κ3) is 2.29. The molecule has 1 aromatic carbocycles. The van der Waals surface area contributed by atoms with Crippen molar-refractivity contribution in [1.29, 1.82) is 0 Å². The molecule has 88 valence electrons. The van der Waals surface area contributed by atoms with E-state index in [0.29, 0.717) is 11.3 Å². The molecule has 0 saturated carbocycles. The maximum Gasteiger partial charge on any atom is 0.270 e. The Kier molecular flexibility index (Phi) is 3.46. The lowest BCUT2D eigenvalue weighted by atomic mass is 9.95. The molecule has 0 aliphatic carbocycles. The van der Waals surface area contributed by atoms with Crippen LogP contribution in [0.2, 0.25) is 0 Å². The van der Waals surface area contributed by atoms with Gasteiger partial charge >= 0.3 is 0 Å². The normalized spacial score (nSPS) is 14.2. The van der Waals surface area contributed by atoms with Crippen LogP contribution >= 0.6 is 0 Å². The molecule has 0 aliphatic heterocycles. The SMILES string of the molecule is COc1ccc([N+](=O)[O-])cc1C(C)(O)CN. The predicted octanol–water partition coefficient (Wildman–Crippen LogP) is 0.770. The molecule has 0 fully saturated rings. The van der Waals surface area contributed by atoms with Gasteiger partial charge in [0, 0.05) is 24.2 Å². The number of rotatable bonds is 4. The fourth-order valence-electron chi connectivity index (χ4n) is 1.34. The third-order valence-corrected chi connectivity index (χ3v) is 2.37. The molecule has 0 heterocycles. The van der Waals surface area contributed by atoms with Gasteiger partial charge in [-0.05, 0) is 13.0 Å². The molecule has 6 heteroatoms. The molecule has 1 rings (SSSR count). The maximum absolute atomic E-state index is 10.6. The molecule has 1 atom stereocenters. The minimum absolute atomic E-state index is 0.0511. The summed E-state index contributed by atoms with van der Waals surface area (Å²) in [6.07, 6.45) is 0. The van der Waals surface area contributed by atoms with Gasteiger partial charge in [0.05, 0.1) is 12.0 Å². The van der Waals surface area contributed by atoms with Crippen LogP contribution in [0.15, 0.2) is 18.2 Å². The summed E-state index contributed by atoms with van der Waals surface area (Å²) in [5, 5.41) is 20.6. The van der Waals surface area contributed by atoms with E-state index in [1.54, 1.807) is 0 Å². The molecule has 16 heavy (non-hydrogen) atoms. The molecule has 0 amide bonds. The first-order valence-electron chi connectivity index (χ1n) is 4.67. The van der Waals surface area contributed by atoms with Crippen LogP contribution in [-0.2, 0) is 5.60 Å². The highest BCUT2D eigenvalue weighted by Gasteiger charge is 2.27. The van der Waals surface area contributed by atoms with Crippen LogP contribution in [0, 0.1) is 10.1 Å². The highest BCUT2D eigenvalue weighted by atomic mass is 16.6. The van der Waals surface area contributed by atoms with E-state index in [2.05, 4.69) is 0 Å². The van der Waals surface area contributed by atoms with Crippen LogP contribution in [0.5, 0.6) is 5.75 Å². The number of nitro benzene ring substituents is 1. The van der Waals surface area contributed by atoms with Crippen LogP contribution in [-0.4, -0.2) is 23.7 Å². The average molecular weight is 226 g/mol. The zero-order valence-corrected chi connectivity index (χ0v) is 9.14. The number of nitrogens with two attached hydrogens (primary N) is 1. The van der Waals surface area contributed by atoms with Gasteiger partial charge in [0.2, 0.25) is 0 Å². The number of aliphatic hydroxyl groups is 1. The lowest BCUT2D eigenvalue weighted by molar-refractivity contribution is -0.385. The molecular formula is C10H14N2O4. The molecule has 6 nitrogen and oxygen atoms in total. The van der Waals surface area contributed by atoms with Crippen LogP contribution < -0.4 is 10.5 Å². The van der Waals surface area contributed by atoms with E-state index in [1.807, 2.05) is 0 Å². The van der Waals surface area contributed by atoms with Crippen molar-refractivity contribution in [3.8, 4) is 5.75 Å². The molecule has 0 aliphatic rings. The Hall–Kier alpha value is -1.66. The number of hydrogen-bond acceptors (Lipinski definition) is 5. The van der Waals surface area contributed by atoms with Gasteiger partial charge < -0.3 is 15.6 Å². The van der Waals surface area contributed by atoms with Gasteiger partial charge in [0.25, 0.3) is 5.69 Å². The Morgan fingerprint density at radius 1 is 1.62 bits per heavy atom. The van der Waals surface area contributed by atoms with Gasteiger partial charge in [0.15, 0.2) is 0 Å². The van der Waals surface area contributed by atoms with E-state index in [1.165, 1.54) is 32.2 Å². The van der Waals surface area contributed by atoms with Crippen LogP contribution in [0.3, 0.4) is 0 Å². The molecule has 0 spiro atoms. The second kappa shape index (κ2) is 4.46. The lowest BCUT2D eigenvalue weighted by Gasteiger charge is -2.23. The Balaban J connectivity index is 3.33. The molecular weight excluding hydrogens is 212 g/mol. The summed E-state index contributed by atoms with van der Waals surface area (Å²) in [7, 11) is 1.43. The Morgan fingerprint density at radius 2 is 2.25 bits per heavy atom. The smallest absolute Gasteiger partial charge is 0.270 e. The van der Waals surface area contributed by atoms with Gasteiger partial charge in [-0.2, -0.15) is 0 Å². The monoisotopic (exact) mass is 226 g/mol. The van der Waals surface area contributed by atoms with Crippen molar-refractivity contribution in [2.45, 2.75) is 12.5 Å². The van der Waals surface area contributed by atoms with Crippen molar-refractivity contribution < 1.29 is 14.8 Å². The van der Waals surface area contributed by atoms with Crippen molar-refractivity contribution >= 4 is 5.69 Å². The number of hydrogen-bond donors (Lipinski definition) is 2. The number of non-ortho nitro benzene ring substituents is 1. The summed E-state index contributed by atoms with van der Waals surface area (Å²) in [5.74, 6) is 0.376. The van der Waals surface area contributed by atoms with E-state index < -0.39 is 10.5 Å². The van der Waals surface area contributed by atoms with Gasteiger partial charge in [-0.25, -0.2) is 0 Å². The standard InChI is InChI=1S/C10H14N2O4/c1-10(13,6-11)8-5-7(12(14)15)3-4-9(8)16-2/h3-5,13H,6,11H2,1-2H3. The minimum Gasteiger partial charge on any atom is -0.496 e. The van der Waals surface area contributed by atoms with E-state index in [0.717, 1.165) is 0 Å². The minimum atomic E-state index is -1.35. The second-order valence-electron chi connectivity index (χ2n) is 3.62.